The molecule has 0 spiro atoms. The zero-order valence-corrected chi connectivity index (χ0v) is 14.0. The van der Waals surface area contributed by atoms with Crippen molar-refractivity contribution in [2.75, 3.05) is 13.7 Å². The summed E-state index contributed by atoms with van der Waals surface area (Å²) >= 11 is 3.62. The summed E-state index contributed by atoms with van der Waals surface area (Å²) in [6, 6.07) is 4.72. The second-order valence-electron chi connectivity index (χ2n) is 5.24. The van der Waals surface area contributed by atoms with Gasteiger partial charge in [-0.1, -0.05) is 35.2 Å². The smallest absolute Gasteiger partial charge is 0.161 e. The number of hydrogen-bond donors (Lipinski definition) is 1. The molecular formula is C16H24BrNO2. The molecule has 1 fully saturated rings. The first-order chi connectivity index (χ1) is 9.74. The van der Waals surface area contributed by atoms with Gasteiger partial charge in [0.2, 0.25) is 0 Å². The molecule has 0 saturated heterocycles. The highest BCUT2D eigenvalue weighted by atomic mass is 79.9. The van der Waals surface area contributed by atoms with Crippen LogP contribution < -0.4 is 14.8 Å². The summed E-state index contributed by atoms with van der Waals surface area (Å²) in [5, 5.41) is 3.66. The van der Waals surface area contributed by atoms with Gasteiger partial charge in [0.05, 0.1) is 13.7 Å². The van der Waals surface area contributed by atoms with Gasteiger partial charge in [-0.15, -0.1) is 0 Å². The summed E-state index contributed by atoms with van der Waals surface area (Å²) in [6.45, 7) is 3.50. The van der Waals surface area contributed by atoms with Crippen LogP contribution in [0.1, 0.15) is 44.6 Å². The van der Waals surface area contributed by atoms with E-state index in [0.29, 0.717) is 12.6 Å². The standard InChI is InChI=1S/C16H24BrNO2/c1-3-20-16-9-12(14(17)10-15(16)19-2)11-18-13-7-5-4-6-8-13/h9-10,13,18H,3-8,11H2,1-2H3. The van der Waals surface area contributed by atoms with Crippen molar-refractivity contribution in [1.29, 1.82) is 0 Å². The van der Waals surface area contributed by atoms with E-state index in [9.17, 15) is 0 Å². The highest BCUT2D eigenvalue weighted by Gasteiger charge is 2.14. The van der Waals surface area contributed by atoms with Crippen molar-refractivity contribution in [2.24, 2.45) is 0 Å². The lowest BCUT2D eigenvalue weighted by atomic mass is 9.95. The zero-order valence-electron chi connectivity index (χ0n) is 12.4. The van der Waals surface area contributed by atoms with Crippen molar-refractivity contribution in [3.63, 3.8) is 0 Å². The summed E-state index contributed by atoms with van der Waals surface area (Å²) in [7, 11) is 1.67. The molecule has 0 aliphatic heterocycles. The molecular weight excluding hydrogens is 318 g/mol. The minimum absolute atomic E-state index is 0.646. The fourth-order valence-electron chi connectivity index (χ4n) is 2.70. The Hall–Kier alpha value is -0.740. The van der Waals surface area contributed by atoms with Crippen LogP contribution in [0.4, 0.5) is 0 Å². The van der Waals surface area contributed by atoms with E-state index >= 15 is 0 Å². The second kappa shape index (κ2) is 7.89. The fourth-order valence-corrected chi connectivity index (χ4v) is 3.16. The Morgan fingerprint density at radius 2 is 1.95 bits per heavy atom. The van der Waals surface area contributed by atoms with Crippen molar-refractivity contribution in [3.05, 3.63) is 22.2 Å². The average Bonchev–Trinajstić information content (AvgIpc) is 2.48. The van der Waals surface area contributed by atoms with Gasteiger partial charge in [-0.25, -0.2) is 0 Å². The van der Waals surface area contributed by atoms with Gasteiger partial charge >= 0.3 is 0 Å². The van der Waals surface area contributed by atoms with Crippen molar-refractivity contribution < 1.29 is 9.47 Å². The van der Waals surface area contributed by atoms with Gasteiger partial charge in [-0.2, -0.15) is 0 Å². The normalized spacial score (nSPS) is 16.1. The molecule has 2 rings (SSSR count). The second-order valence-corrected chi connectivity index (χ2v) is 6.10. The number of methoxy groups -OCH3 is 1. The molecule has 1 aromatic rings. The first-order valence-electron chi connectivity index (χ1n) is 7.47. The van der Waals surface area contributed by atoms with Crippen LogP contribution in [0, 0.1) is 0 Å². The van der Waals surface area contributed by atoms with E-state index in [1.54, 1.807) is 7.11 Å². The van der Waals surface area contributed by atoms with Crippen molar-refractivity contribution in [1.82, 2.24) is 5.32 Å². The molecule has 1 aromatic carbocycles. The highest BCUT2D eigenvalue weighted by Crippen LogP contribution is 2.33. The third-order valence-corrected chi connectivity index (χ3v) is 4.56. The molecule has 112 valence electrons. The van der Waals surface area contributed by atoms with Crippen LogP contribution in [0.2, 0.25) is 0 Å². The number of rotatable bonds is 6. The van der Waals surface area contributed by atoms with Gasteiger partial charge in [0, 0.05) is 17.1 Å². The molecule has 1 N–H and O–H groups in total. The topological polar surface area (TPSA) is 30.5 Å². The highest BCUT2D eigenvalue weighted by molar-refractivity contribution is 9.10. The molecule has 0 radical (unpaired) electrons. The van der Waals surface area contributed by atoms with E-state index in [1.807, 2.05) is 13.0 Å². The largest absolute Gasteiger partial charge is 0.493 e. The van der Waals surface area contributed by atoms with Crippen molar-refractivity contribution >= 4 is 15.9 Å². The van der Waals surface area contributed by atoms with E-state index in [-0.39, 0.29) is 0 Å². The van der Waals surface area contributed by atoms with Crippen molar-refractivity contribution in [3.8, 4) is 11.5 Å². The predicted octanol–water partition coefficient (Wildman–Crippen LogP) is 4.28. The minimum atomic E-state index is 0.646. The number of nitrogens with one attached hydrogen (secondary N) is 1. The number of ether oxygens (including phenoxy) is 2. The minimum Gasteiger partial charge on any atom is -0.493 e. The summed E-state index contributed by atoms with van der Waals surface area (Å²) in [5.74, 6) is 1.60. The van der Waals surface area contributed by atoms with E-state index < -0.39 is 0 Å². The summed E-state index contributed by atoms with van der Waals surface area (Å²) < 4.78 is 12.1. The Morgan fingerprint density at radius 1 is 1.20 bits per heavy atom. The quantitative estimate of drug-likeness (QED) is 0.837. The van der Waals surface area contributed by atoms with E-state index in [1.165, 1.54) is 37.7 Å². The lowest BCUT2D eigenvalue weighted by Gasteiger charge is -2.23. The van der Waals surface area contributed by atoms with Gasteiger partial charge in [0.15, 0.2) is 11.5 Å². The lowest BCUT2D eigenvalue weighted by molar-refractivity contribution is 0.310. The van der Waals surface area contributed by atoms with Gasteiger partial charge < -0.3 is 14.8 Å². The Kier molecular flexibility index (Phi) is 6.17. The maximum atomic E-state index is 5.64. The Bertz CT molecular complexity index is 431. The molecule has 1 saturated carbocycles. The van der Waals surface area contributed by atoms with Crippen LogP contribution in [0.3, 0.4) is 0 Å². The Balaban J connectivity index is 2.04. The first-order valence-corrected chi connectivity index (χ1v) is 8.26. The molecule has 20 heavy (non-hydrogen) atoms. The van der Waals surface area contributed by atoms with Crippen LogP contribution in [0.5, 0.6) is 11.5 Å². The molecule has 0 atom stereocenters. The van der Waals surface area contributed by atoms with Crippen LogP contribution >= 0.6 is 15.9 Å². The summed E-state index contributed by atoms with van der Waals surface area (Å²) in [5.41, 5.74) is 1.22. The monoisotopic (exact) mass is 341 g/mol. The van der Waals surface area contributed by atoms with E-state index in [4.69, 9.17) is 9.47 Å². The first kappa shape index (κ1) is 15.6. The van der Waals surface area contributed by atoms with E-state index in [2.05, 4.69) is 27.3 Å². The van der Waals surface area contributed by atoms with Crippen LogP contribution in [-0.4, -0.2) is 19.8 Å². The molecule has 1 aliphatic carbocycles. The number of benzene rings is 1. The third kappa shape index (κ3) is 4.13. The molecule has 4 heteroatoms. The molecule has 0 aromatic heterocycles. The summed E-state index contributed by atoms with van der Waals surface area (Å²) in [4.78, 5) is 0. The number of hydrogen-bond acceptors (Lipinski definition) is 3. The zero-order chi connectivity index (χ0) is 14.4. The maximum Gasteiger partial charge on any atom is 0.161 e. The fraction of sp³-hybridized carbons (Fsp3) is 0.625. The van der Waals surface area contributed by atoms with Gasteiger partial charge in [-0.3, -0.25) is 0 Å². The Morgan fingerprint density at radius 3 is 2.60 bits per heavy atom. The van der Waals surface area contributed by atoms with E-state index in [0.717, 1.165) is 22.5 Å². The molecule has 1 aliphatic rings. The molecule has 3 nitrogen and oxygen atoms in total. The SMILES string of the molecule is CCOc1cc(CNC2CCCCC2)c(Br)cc1OC. The predicted molar refractivity (Wildman–Crippen MR) is 85.6 cm³/mol. The summed E-state index contributed by atoms with van der Waals surface area (Å²) in [6.07, 6.45) is 6.69. The van der Waals surface area contributed by atoms with Gasteiger partial charge in [0.1, 0.15) is 0 Å². The molecule has 0 heterocycles. The third-order valence-electron chi connectivity index (χ3n) is 3.82. The molecule has 0 bridgehead atoms. The van der Waals surface area contributed by atoms with Crippen molar-refractivity contribution in [2.45, 2.75) is 51.6 Å². The molecule has 0 amide bonds. The maximum absolute atomic E-state index is 5.64. The number of halogens is 1. The van der Waals surface area contributed by atoms with Crippen LogP contribution in [0.15, 0.2) is 16.6 Å². The van der Waals surface area contributed by atoms with Gasteiger partial charge in [0.25, 0.3) is 0 Å². The van der Waals surface area contributed by atoms with Gasteiger partial charge in [-0.05, 0) is 37.5 Å². The Labute approximate surface area is 130 Å². The molecule has 0 unspecified atom stereocenters. The van der Waals surface area contributed by atoms with Crippen LogP contribution in [0.25, 0.3) is 0 Å². The average molecular weight is 342 g/mol. The lowest BCUT2D eigenvalue weighted by Crippen LogP contribution is -2.30. The van der Waals surface area contributed by atoms with Crippen LogP contribution in [-0.2, 0) is 6.54 Å².